The molecule has 2 aromatic rings. The third kappa shape index (κ3) is 5.91. The quantitative estimate of drug-likeness (QED) is 0.634. The largest absolute Gasteiger partial charge is 0.388 e. The Kier molecular flexibility index (Phi) is 8.11. The van der Waals surface area contributed by atoms with Gasteiger partial charge in [0.15, 0.2) is 5.78 Å². The third-order valence-electron chi connectivity index (χ3n) is 6.74. The number of aliphatic hydroxyl groups excluding tert-OH is 1. The van der Waals surface area contributed by atoms with E-state index in [4.69, 9.17) is 9.84 Å². The van der Waals surface area contributed by atoms with Crippen molar-refractivity contribution in [2.24, 2.45) is 0 Å². The van der Waals surface area contributed by atoms with Crippen LogP contribution in [-0.4, -0.2) is 89.6 Å². The van der Waals surface area contributed by atoms with Crippen molar-refractivity contribution in [1.82, 2.24) is 14.7 Å². The average Bonchev–Trinajstić information content (AvgIpc) is 2.84. The van der Waals surface area contributed by atoms with Crippen LogP contribution in [0.1, 0.15) is 45.7 Å². The second kappa shape index (κ2) is 11.2. The summed E-state index contributed by atoms with van der Waals surface area (Å²) in [4.78, 5) is 31.9. The molecule has 1 amide bonds. The first-order chi connectivity index (χ1) is 16.4. The van der Waals surface area contributed by atoms with Gasteiger partial charge in [0.1, 0.15) is 6.61 Å². The van der Waals surface area contributed by atoms with Crippen LogP contribution < -0.4 is 0 Å². The van der Waals surface area contributed by atoms with E-state index in [2.05, 4.69) is 29.7 Å². The zero-order valence-corrected chi connectivity index (χ0v) is 20.2. The summed E-state index contributed by atoms with van der Waals surface area (Å²) in [6.07, 6.45) is 0. The van der Waals surface area contributed by atoms with Crippen LogP contribution in [0.3, 0.4) is 0 Å². The molecule has 0 radical (unpaired) electrons. The smallest absolute Gasteiger partial charge is 0.254 e. The Bertz CT molecular complexity index is 976. The van der Waals surface area contributed by atoms with Gasteiger partial charge in [0.05, 0.1) is 13.2 Å². The zero-order valence-electron chi connectivity index (χ0n) is 20.2. The highest BCUT2D eigenvalue weighted by molar-refractivity contribution is 5.97. The van der Waals surface area contributed by atoms with Crippen molar-refractivity contribution in [3.63, 3.8) is 0 Å². The predicted octanol–water partition coefficient (Wildman–Crippen LogP) is 2.43. The average molecular weight is 466 g/mol. The van der Waals surface area contributed by atoms with E-state index in [0.717, 1.165) is 69.2 Å². The highest BCUT2D eigenvalue weighted by Gasteiger charge is 2.33. The molecule has 2 heterocycles. The second-order valence-electron chi connectivity index (χ2n) is 9.47. The Balaban J connectivity index is 1.38. The summed E-state index contributed by atoms with van der Waals surface area (Å²) in [6.45, 7) is 10.3. The lowest BCUT2D eigenvalue weighted by Crippen LogP contribution is -2.58. The summed E-state index contributed by atoms with van der Waals surface area (Å²) in [5.74, 6) is -0.176. The molecule has 0 unspecified atom stereocenters. The molecule has 7 heteroatoms. The van der Waals surface area contributed by atoms with Gasteiger partial charge in [-0.15, -0.1) is 0 Å². The molecule has 2 saturated heterocycles. The van der Waals surface area contributed by atoms with E-state index in [9.17, 15) is 9.59 Å². The van der Waals surface area contributed by atoms with Crippen LogP contribution in [0.2, 0.25) is 0 Å². The number of morpholine rings is 1. The number of amides is 1. The minimum Gasteiger partial charge on any atom is -0.388 e. The fourth-order valence-electron chi connectivity index (χ4n) is 5.08. The van der Waals surface area contributed by atoms with Gasteiger partial charge in [0, 0.05) is 62.5 Å². The molecule has 0 aromatic heterocycles. The van der Waals surface area contributed by atoms with E-state index < -0.39 is 6.61 Å². The maximum atomic E-state index is 13.5. The van der Waals surface area contributed by atoms with Gasteiger partial charge in [-0.2, -0.15) is 0 Å². The highest BCUT2D eigenvalue weighted by Crippen LogP contribution is 2.22. The van der Waals surface area contributed by atoms with Crippen LogP contribution >= 0.6 is 0 Å². The Morgan fingerprint density at radius 3 is 2.18 bits per heavy atom. The van der Waals surface area contributed by atoms with E-state index in [1.54, 1.807) is 12.1 Å². The number of aliphatic hydroxyl groups is 1. The van der Waals surface area contributed by atoms with Crippen molar-refractivity contribution < 1.29 is 19.4 Å². The first kappa shape index (κ1) is 24.5. The summed E-state index contributed by atoms with van der Waals surface area (Å²) in [6, 6.07) is 15.6. The molecule has 2 aliphatic heterocycles. The molecule has 0 saturated carbocycles. The molecular formula is C27H35N3O4. The minimum absolute atomic E-state index is 0.0920. The number of carbonyl (C=O) groups is 2. The summed E-state index contributed by atoms with van der Waals surface area (Å²) >= 11 is 0. The van der Waals surface area contributed by atoms with Crippen molar-refractivity contribution in [2.75, 3.05) is 46.0 Å². The topological polar surface area (TPSA) is 73.3 Å². The molecule has 2 aromatic carbocycles. The molecule has 2 aliphatic rings. The highest BCUT2D eigenvalue weighted by atomic mass is 16.5. The number of hydrogen-bond donors (Lipinski definition) is 1. The number of Topliss-reactive ketones (excluding diaryl/α,β-unsaturated/α-hetero) is 1. The number of ether oxygens (including phenoxy) is 1. The molecule has 2 atom stereocenters. The Morgan fingerprint density at radius 1 is 0.882 bits per heavy atom. The minimum atomic E-state index is -0.472. The van der Waals surface area contributed by atoms with Crippen molar-refractivity contribution in [1.29, 1.82) is 0 Å². The van der Waals surface area contributed by atoms with Crippen molar-refractivity contribution in [2.45, 2.75) is 39.0 Å². The van der Waals surface area contributed by atoms with Crippen LogP contribution in [-0.2, 0) is 17.8 Å². The molecule has 182 valence electrons. The van der Waals surface area contributed by atoms with E-state index in [0.29, 0.717) is 5.56 Å². The molecular weight excluding hydrogens is 430 g/mol. The lowest BCUT2D eigenvalue weighted by Gasteiger charge is -2.44. The van der Waals surface area contributed by atoms with Gasteiger partial charge in [0.2, 0.25) is 0 Å². The van der Waals surface area contributed by atoms with Crippen LogP contribution in [0.5, 0.6) is 0 Å². The predicted molar refractivity (Wildman–Crippen MR) is 131 cm³/mol. The van der Waals surface area contributed by atoms with Crippen molar-refractivity contribution in [3.8, 4) is 0 Å². The summed E-state index contributed by atoms with van der Waals surface area (Å²) in [7, 11) is 0. The van der Waals surface area contributed by atoms with Crippen LogP contribution in [0.25, 0.3) is 0 Å². The molecule has 1 N–H and O–H groups in total. The fourth-order valence-corrected chi connectivity index (χ4v) is 5.08. The van der Waals surface area contributed by atoms with Gasteiger partial charge in [-0.25, -0.2) is 0 Å². The number of hydrogen-bond acceptors (Lipinski definition) is 6. The van der Waals surface area contributed by atoms with Crippen LogP contribution in [0.4, 0.5) is 0 Å². The van der Waals surface area contributed by atoms with E-state index in [-0.39, 0.29) is 23.8 Å². The molecule has 4 rings (SSSR count). The van der Waals surface area contributed by atoms with Gasteiger partial charge in [-0.3, -0.25) is 19.4 Å². The third-order valence-corrected chi connectivity index (χ3v) is 6.74. The molecule has 2 fully saturated rings. The monoisotopic (exact) mass is 465 g/mol. The van der Waals surface area contributed by atoms with E-state index in [1.807, 2.05) is 35.2 Å². The number of benzene rings is 2. The van der Waals surface area contributed by atoms with E-state index in [1.165, 1.54) is 0 Å². The van der Waals surface area contributed by atoms with Crippen LogP contribution in [0, 0.1) is 0 Å². The summed E-state index contributed by atoms with van der Waals surface area (Å²) < 4.78 is 5.44. The van der Waals surface area contributed by atoms with Gasteiger partial charge in [-0.05, 0) is 37.1 Å². The zero-order chi connectivity index (χ0) is 24.1. The number of carbonyl (C=O) groups excluding carboxylic acids is 2. The SMILES string of the molecule is C[C@@H]1CN(Cc2ccc(C(=O)CO)cc2)C[C@H](C)N1C(=O)c1cccc(CN2CCOCC2)c1. The Hall–Kier alpha value is -2.58. The molecule has 0 bridgehead atoms. The maximum absolute atomic E-state index is 13.5. The number of ketones is 1. The van der Waals surface area contributed by atoms with Gasteiger partial charge >= 0.3 is 0 Å². The lowest BCUT2D eigenvalue weighted by molar-refractivity contribution is 0.0267. The molecule has 34 heavy (non-hydrogen) atoms. The number of piperazine rings is 1. The maximum Gasteiger partial charge on any atom is 0.254 e. The normalized spacial score (nSPS) is 22.0. The fraction of sp³-hybridized carbons (Fsp3) is 0.481. The van der Waals surface area contributed by atoms with E-state index >= 15 is 0 Å². The molecule has 7 nitrogen and oxygen atoms in total. The van der Waals surface area contributed by atoms with Gasteiger partial charge in [-0.1, -0.05) is 36.4 Å². The second-order valence-corrected chi connectivity index (χ2v) is 9.47. The molecule has 0 aliphatic carbocycles. The van der Waals surface area contributed by atoms with Crippen LogP contribution in [0.15, 0.2) is 48.5 Å². The lowest BCUT2D eigenvalue weighted by atomic mass is 10.0. The van der Waals surface area contributed by atoms with Crippen molar-refractivity contribution in [3.05, 3.63) is 70.8 Å². The Morgan fingerprint density at radius 2 is 1.53 bits per heavy atom. The van der Waals surface area contributed by atoms with Gasteiger partial charge in [0.25, 0.3) is 5.91 Å². The summed E-state index contributed by atoms with van der Waals surface area (Å²) in [5.41, 5.74) is 3.56. The summed E-state index contributed by atoms with van der Waals surface area (Å²) in [5, 5.41) is 9.02. The van der Waals surface area contributed by atoms with Gasteiger partial charge < -0.3 is 14.7 Å². The Labute approximate surface area is 201 Å². The van der Waals surface area contributed by atoms with Crippen molar-refractivity contribution >= 4 is 11.7 Å². The standard InChI is InChI=1S/C27H35N3O4/c1-20-15-29(17-22-6-8-24(9-7-22)26(32)19-31)16-21(2)30(20)27(33)25-5-3-4-23(14-25)18-28-10-12-34-13-11-28/h3-9,14,20-21,31H,10-13,15-19H2,1-2H3/t20-,21+. The number of rotatable bonds is 7. The molecule has 0 spiro atoms. The first-order valence-corrected chi connectivity index (χ1v) is 12.1. The number of nitrogens with zero attached hydrogens (tertiary/aromatic N) is 3. The first-order valence-electron chi connectivity index (χ1n) is 12.1.